The van der Waals surface area contributed by atoms with Crippen LogP contribution in [-0.2, 0) is 14.2 Å². The van der Waals surface area contributed by atoms with Crippen molar-refractivity contribution in [1.29, 1.82) is 0 Å². The van der Waals surface area contributed by atoms with Gasteiger partial charge in [-0.1, -0.05) is 0 Å². The van der Waals surface area contributed by atoms with Crippen LogP contribution in [0.2, 0.25) is 0 Å². The zero-order chi connectivity index (χ0) is 15.0. The molecular weight excluding hydrogens is 278 g/mol. The number of fused-ring (bicyclic) bond motifs is 1. The minimum atomic E-state index is -0.872. The Morgan fingerprint density at radius 3 is 2.90 bits per heavy atom. The number of aliphatic hydroxyl groups excluding tert-OH is 1. The fraction of sp³-hybridized carbons (Fsp3) is 0.583. The number of imidazole rings is 1. The number of aliphatic hydroxyl groups is 1. The summed E-state index contributed by atoms with van der Waals surface area (Å²) in [5, 5.41) is 10.4. The third-order valence-corrected chi connectivity index (χ3v) is 3.57. The van der Waals surface area contributed by atoms with Gasteiger partial charge >= 0.3 is 0 Å². The maximum atomic E-state index is 10.4. The Labute approximate surface area is 120 Å². The molecule has 114 valence electrons. The standard InChI is InChI=1S/C12H17N5O4/c1-19-3-6-9(20-2)8(18)12(21-6)17-5-16-7-10(13)14-4-15-11(7)17/h4-6,8-9,12,18H,3H2,1-2H3,(H2,13,14,15)/t6-,8+,9+,12-/m1/s1. The Morgan fingerprint density at radius 1 is 1.38 bits per heavy atom. The first-order chi connectivity index (χ1) is 10.2. The van der Waals surface area contributed by atoms with Crippen molar-refractivity contribution in [1.82, 2.24) is 19.5 Å². The Balaban J connectivity index is 1.97. The third kappa shape index (κ3) is 2.23. The van der Waals surface area contributed by atoms with E-state index in [-0.39, 0.29) is 11.9 Å². The topological polar surface area (TPSA) is 118 Å². The number of anilines is 1. The third-order valence-electron chi connectivity index (χ3n) is 3.57. The minimum absolute atomic E-state index is 0.281. The smallest absolute Gasteiger partial charge is 0.167 e. The van der Waals surface area contributed by atoms with E-state index in [1.54, 1.807) is 11.7 Å². The highest BCUT2D eigenvalue weighted by Gasteiger charge is 2.45. The van der Waals surface area contributed by atoms with Crippen molar-refractivity contribution in [3.8, 4) is 0 Å². The molecule has 0 spiro atoms. The Bertz CT molecular complexity index is 633. The molecule has 1 fully saturated rings. The lowest BCUT2D eigenvalue weighted by atomic mass is 10.1. The number of nitrogens with zero attached hydrogens (tertiary/aromatic N) is 4. The average Bonchev–Trinajstić information content (AvgIpc) is 3.02. The summed E-state index contributed by atoms with van der Waals surface area (Å²) in [5.41, 5.74) is 6.73. The van der Waals surface area contributed by atoms with Crippen molar-refractivity contribution in [3.05, 3.63) is 12.7 Å². The maximum absolute atomic E-state index is 10.4. The van der Waals surface area contributed by atoms with E-state index in [0.29, 0.717) is 17.8 Å². The molecule has 0 amide bonds. The molecule has 1 saturated heterocycles. The first kappa shape index (κ1) is 14.1. The molecule has 4 atom stereocenters. The molecule has 9 heteroatoms. The van der Waals surface area contributed by atoms with E-state index < -0.39 is 18.4 Å². The normalized spacial score (nSPS) is 29.3. The summed E-state index contributed by atoms with van der Waals surface area (Å²) >= 11 is 0. The van der Waals surface area contributed by atoms with Crippen molar-refractivity contribution in [2.45, 2.75) is 24.5 Å². The minimum Gasteiger partial charge on any atom is -0.386 e. The predicted octanol–water partition coefficient (Wildman–Crippen LogP) is -0.672. The van der Waals surface area contributed by atoms with Gasteiger partial charge in [0, 0.05) is 14.2 Å². The maximum Gasteiger partial charge on any atom is 0.167 e. The molecule has 0 bridgehead atoms. The molecule has 1 aliphatic heterocycles. The van der Waals surface area contributed by atoms with Crippen LogP contribution in [0, 0.1) is 0 Å². The first-order valence-corrected chi connectivity index (χ1v) is 6.45. The van der Waals surface area contributed by atoms with Crippen molar-refractivity contribution in [2.24, 2.45) is 0 Å². The summed E-state index contributed by atoms with van der Waals surface area (Å²) in [5.74, 6) is 0.281. The van der Waals surface area contributed by atoms with Crippen molar-refractivity contribution in [2.75, 3.05) is 26.6 Å². The van der Waals surface area contributed by atoms with Gasteiger partial charge in [-0.25, -0.2) is 15.0 Å². The number of hydrogen-bond donors (Lipinski definition) is 2. The molecule has 2 aromatic rings. The van der Waals surface area contributed by atoms with Gasteiger partial charge in [0.2, 0.25) is 0 Å². The molecule has 3 heterocycles. The molecule has 2 aromatic heterocycles. The molecule has 0 aliphatic carbocycles. The van der Waals surface area contributed by atoms with Crippen LogP contribution >= 0.6 is 0 Å². The van der Waals surface area contributed by atoms with E-state index in [1.807, 2.05) is 0 Å². The fourth-order valence-corrected chi connectivity index (χ4v) is 2.60. The van der Waals surface area contributed by atoms with Crippen LogP contribution in [0.3, 0.4) is 0 Å². The van der Waals surface area contributed by atoms with Crippen LogP contribution in [-0.4, -0.2) is 63.8 Å². The zero-order valence-corrected chi connectivity index (χ0v) is 11.7. The van der Waals surface area contributed by atoms with Crippen molar-refractivity contribution < 1.29 is 19.3 Å². The Hall–Kier alpha value is -1.81. The number of aromatic nitrogens is 4. The number of hydrogen-bond acceptors (Lipinski definition) is 8. The predicted molar refractivity (Wildman–Crippen MR) is 72.3 cm³/mol. The van der Waals surface area contributed by atoms with Crippen LogP contribution in [0.15, 0.2) is 12.7 Å². The van der Waals surface area contributed by atoms with Crippen LogP contribution in [0.4, 0.5) is 5.82 Å². The number of nitrogen functional groups attached to an aromatic ring is 1. The van der Waals surface area contributed by atoms with E-state index in [2.05, 4.69) is 15.0 Å². The quantitative estimate of drug-likeness (QED) is 0.762. The molecule has 9 nitrogen and oxygen atoms in total. The summed E-state index contributed by atoms with van der Waals surface area (Å²) in [6.07, 6.45) is 0.449. The highest BCUT2D eigenvalue weighted by molar-refractivity contribution is 5.81. The van der Waals surface area contributed by atoms with Gasteiger partial charge in [-0.05, 0) is 0 Å². The molecule has 0 unspecified atom stereocenters. The number of ether oxygens (including phenoxy) is 3. The highest BCUT2D eigenvalue weighted by Crippen LogP contribution is 2.33. The van der Waals surface area contributed by atoms with Crippen molar-refractivity contribution >= 4 is 17.0 Å². The summed E-state index contributed by atoms with van der Waals surface area (Å²) in [6, 6.07) is 0. The van der Waals surface area contributed by atoms with Gasteiger partial charge in [-0.15, -0.1) is 0 Å². The Morgan fingerprint density at radius 2 is 2.19 bits per heavy atom. The molecule has 21 heavy (non-hydrogen) atoms. The van der Waals surface area contributed by atoms with E-state index >= 15 is 0 Å². The largest absolute Gasteiger partial charge is 0.386 e. The van der Waals surface area contributed by atoms with E-state index in [1.165, 1.54) is 19.8 Å². The summed E-state index contributed by atoms with van der Waals surface area (Å²) in [6.45, 7) is 0.315. The van der Waals surface area contributed by atoms with Gasteiger partial charge in [-0.3, -0.25) is 4.57 Å². The van der Waals surface area contributed by atoms with Crippen molar-refractivity contribution in [3.63, 3.8) is 0 Å². The molecule has 0 aromatic carbocycles. The van der Waals surface area contributed by atoms with E-state index in [9.17, 15) is 5.11 Å². The molecule has 0 radical (unpaired) electrons. The molecule has 3 N–H and O–H groups in total. The van der Waals surface area contributed by atoms with Crippen LogP contribution < -0.4 is 5.73 Å². The van der Waals surface area contributed by atoms with Gasteiger partial charge < -0.3 is 25.1 Å². The lowest BCUT2D eigenvalue weighted by Crippen LogP contribution is -2.35. The molecule has 0 saturated carbocycles. The number of methoxy groups -OCH3 is 2. The highest BCUT2D eigenvalue weighted by atomic mass is 16.6. The second-order valence-corrected chi connectivity index (χ2v) is 4.79. The number of nitrogens with two attached hydrogens (primary N) is 1. The Kier molecular flexibility index (Phi) is 3.72. The second-order valence-electron chi connectivity index (χ2n) is 4.79. The lowest BCUT2D eigenvalue weighted by molar-refractivity contribution is -0.0612. The van der Waals surface area contributed by atoms with Gasteiger partial charge in [0.25, 0.3) is 0 Å². The van der Waals surface area contributed by atoms with Crippen LogP contribution in [0.25, 0.3) is 11.2 Å². The van der Waals surface area contributed by atoms with Crippen LogP contribution in [0.5, 0.6) is 0 Å². The van der Waals surface area contributed by atoms with Gasteiger partial charge in [-0.2, -0.15) is 0 Å². The number of rotatable bonds is 4. The average molecular weight is 295 g/mol. The van der Waals surface area contributed by atoms with E-state index in [0.717, 1.165) is 0 Å². The molecule has 3 rings (SSSR count). The molecule has 1 aliphatic rings. The fourth-order valence-electron chi connectivity index (χ4n) is 2.60. The SMILES string of the molecule is COC[C@H]1O[C@@H](n2cnc3c(N)ncnc32)[C@@H](O)[C@H]1OC. The summed E-state index contributed by atoms with van der Waals surface area (Å²) in [4.78, 5) is 12.2. The van der Waals surface area contributed by atoms with Crippen LogP contribution in [0.1, 0.15) is 6.23 Å². The van der Waals surface area contributed by atoms with E-state index in [4.69, 9.17) is 19.9 Å². The monoisotopic (exact) mass is 295 g/mol. The first-order valence-electron chi connectivity index (χ1n) is 6.45. The lowest BCUT2D eigenvalue weighted by Gasteiger charge is -2.18. The zero-order valence-electron chi connectivity index (χ0n) is 11.7. The van der Waals surface area contributed by atoms with Gasteiger partial charge in [0.15, 0.2) is 17.7 Å². The van der Waals surface area contributed by atoms with Gasteiger partial charge in [0.05, 0.1) is 12.9 Å². The second kappa shape index (κ2) is 5.53. The molecular formula is C12H17N5O4. The summed E-state index contributed by atoms with van der Waals surface area (Å²) in [7, 11) is 3.09. The van der Waals surface area contributed by atoms with Gasteiger partial charge in [0.1, 0.15) is 30.2 Å². The summed E-state index contributed by atoms with van der Waals surface area (Å²) < 4.78 is 17.9.